The number of rotatable bonds is 4. The quantitative estimate of drug-likeness (QED) is 0.679. The predicted octanol–water partition coefficient (Wildman–Crippen LogP) is 4.77. The van der Waals surface area contributed by atoms with Gasteiger partial charge in [-0.15, -0.1) is 0 Å². The molecule has 3 aromatic rings. The van der Waals surface area contributed by atoms with Gasteiger partial charge >= 0.3 is 0 Å². The second kappa shape index (κ2) is 6.22. The minimum atomic E-state index is -0.0145. The Kier molecular flexibility index (Phi) is 4.33. The zero-order valence-electron chi connectivity index (χ0n) is 11.5. The van der Waals surface area contributed by atoms with E-state index < -0.39 is 0 Å². The van der Waals surface area contributed by atoms with Gasteiger partial charge < -0.3 is 10.2 Å². The summed E-state index contributed by atoms with van der Waals surface area (Å²) in [7, 11) is 0. The van der Waals surface area contributed by atoms with E-state index in [9.17, 15) is 0 Å². The highest BCUT2D eigenvalue weighted by molar-refractivity contribution is 9.10. The second-order valence-electron chi connectivity index (χ2n) is 4.90. The number of halogens is 1. The Labute approximate surface area is 136 Å². The molecule has 2 unspecified atom stereocenters. The van der Waals surface area contributed by atoms with Crippen LogP contribution in [0.2, 0.25) is 0 Å². The van der Waals surface area contributed by atoms with E-state index in [0.29, 0.717) is 5.22 Å². The fourth-order valence-corrected chi connectivity index (χ4v) is 3.59. The van der Waals surface area contributed by atoms with Crippen molar-refractivity contribution in [3.8, 4) is 0 Å². The molecule has 0 bridgehead atoms. The molecule has 0 radical (unpaired) electrons. The fraction of sp³-hybridized carbons (Fsp3) is 0.188. The van der Waals surface area contributed by atoms with E-state index >= 15 is 0 Å². The Morgan fingerprint density at radius 3 is 2.71 bits per heavy atom. The number of oxazole rings is 1. The molecule has 1 aromatic heterocycles. The van der Waals surface area contributed by atoms with Gasteiger partial charge in [0.05, 0.1) is 5.25 Å². The monoisotopic (exact) mass is 362 g/mol. The van der Waals surface area contributed by atoms with Gasteiger partial charge in [0.2, 0.25) is 0 Å². The van der Waals surface area contributed by atoms with Crippen molar-refractivity contribution in [2.24, 2.45) is 5.73 Å². The topological polar surface area (TPSA) is 52.0 Å². The van der Waals surface area contributed by atoms with Crippen molar-refractivity contribution in [2.75, 3.05) is 0 Å². The molecular formula is C16H15BrN2OS. The van der Waals surface area contributed by atoms with Crippen LogP contribution < -0.4 is 5.73 Å². The maximum Gasteiger partial charge on any atom is 0.257 e. The third kappa shape index (κ3) is 3.31. The van der Waals surface area contributed by atoms with Gasteiger partial charge in [0.25, 0.3) is 5.22 Å². The van der Waals surface area contributed by atoms with Crippen LogP contribution in [0.3, 0.4) is 0 Å². The molecular weight excluding hydrogens is 348 g/mol. The third-order valence-electron chi connectivity index (χ3n) is 3.16. The lowest BCUT2D eigenvalue weighted by molar-refractivity contribution is 0.487. The van der Waals surface area contributed by atoms with Crippen LogP contribution in [0.15, 0.2) is 62.6 Å². The van der Waals surface area contributed by atoms with Gasteiger partial charge in [-0.3, -0.25) is 0 Å². The fourth-order valence-electron chi connectivity index (χ4n) is 2.17. The lowest BCUT2D eigenvalue weighted by Gasteiger charge is -2.19. The molecule has 2 aromatic carbocycles. The van der Waals surface area contributed by atoms with Gasteiger partial charge in [-0.1, -0.05) is 52.0 Å². The molecule has 2 atom stereocenters. The minimum Gasteiger partial charge on any atom is -0.431 e. The largest absolute Gasteiger partial charge is 0.431 e. The number of aromatic nitrogens is 1. The SMILES string of the molecule is CC(N)C(Sc1nc2ccccc2o1)c1cccc(Br)c1. The van der Waals surface area contributed by atoms with Crippen molar-refractivity contribution in [1.29, 1.82) is 0 Å². The highest BCUT2D eigenvalue weighted by atomic mass is 79.9. The summed E-state index contributed by atoms with van der Waals surface area (Å²) in [6.07, 6.45) is 0. The first-order valence-corrected chi connectivity index (χ1v) is 8.34. The van der Waals surface area contributed by atoms with E-state index in [1.807, 2.05) is 43.3 Å². The first-order valence-electron chi connectivity index (χ1n) is 6.67. The van der Waals surface area contributed by atoms with Gasteiger partial charge in [-0.2, -0.15) is 0 Å². The standard InChI is InChI=1S/C16H15BrN2OS/c1-10(18)15(11-5-4-6-12(17)9-11)21-16-19-13-7-2-3-8-14(13)20-16/h2-10,15H,18H2,1H3. The molecule has 21 heavy (non-hydrogen) atoms. The van der Waals surface area contributed by atoms with Crippen LogP contribution in [0.25, 0.3) is 11.1 Å². The zero-order chi connectivity index (χ0) is 14.8. The molecule has 5 heteroatoms. The summed E-state index contributed by atoms with van der Waals surface area (Å²) >= 11 is 5.06. The Morgan fingerprint density at radius 1 is 1.19 bits per heavy atom. The minimum absolute atomic E-state index is 0.0145. The number of nitrogens with two attached hydrogens (primary N) is 1. The Hall–Kier alpha value is -1.30. The Bertz CT molecular complexity index is 724. The van der Waals surface area contributed by atoms with Crippen LogP contribution in [-0.4, -0.2) is 11.0 Å². The molecule has 0 saturated heterocycles. The summed E-state index contributed by atoms with van der Waals surface area (Å²) in [6, 6.07) is 15.9. The first-order chi connectivity index (χ1) is 10.1. The molecule has 3 rings (SSSR count). The molecule has 108 valence electrons. The average molecular weight is 363 g/mol. The summed E-state index contributed by atoms with van der Waals surface area (Å²) in [6.45, 7) is 2.00. The van der Waals surface area contributed by atoms with E-state index in [1.165, 1.54) is 0 Å². The van der Waals surface area contributed by atoms with Crippen molar-refractivity contribution in [3.63, 3.8) is 0 Å². The molecule has 3 nitrogen and oxygen atoms in total. The van der Waals surface area contributed by atoms with Gasteiger partial charge in [-0.05, 0) is 36.8 Å². The van der Waals surface area contributed by atoms with E-state index in [2.05, 4.69) is 33.0 Å². The summed E-state index contributed by atoms with van der Waals surface area (Å²) in [5, 5.41) is 0.744. The molecule has 2 N–H and O–H groups in total. The van der Waals surface area contributed by atoms with Gasteiger partial charge in [0.15, 0.2) is 5.58 Å². The zero-order valence-corrected chi connectivity index (χ0v) is 13.9. The highest BCUT2D eigenvalue weighted by Gasteiger charge is 2.21. The maximum absolute atomic E-state index is 6.16. The van der Waals surface area contributed by atoms with Crippen molar-refractivity contribution in [1.82, 2.24) is 4.98 Å². The lowest BCUT2D eigenvalue weighted by Crippen LogP contribution is -2.22. The molecule has 0 aliphatic rings. The predicted molar refractivity (Wildman–Crippen MR) is 90.4 cm³/mol. The van der Waals surface area contributed by atoms with E-state index in [4.69, 9.17) is 10.2 Å². The van der Waals surface area contributed by atoms with E-state index in [1.54, 1.807) is 11.8 Å². The number of hydrogen-bond acceptors (Lipinski definition) is 4. The summed E-state index contributed by atoms with van der Waals surface area (Å²) in [5.74, 6) is 0. The van der Waals surface area contributed by atoms with E-state index in [0.717, 1.165) is 21.1 Å². The summed E-state index contributed by atoms with van der Waals surface area (Å²) < 4.78 is 6.83. The number of nitrogens with zero attached hydrogens (tertiary/aromatic N) is 1. The Balaban J connectivity index is 1.91. The molecule has 0 aliphatic heterocycles. The van der Waals surface area contributed by atoms with Gasteiger partial charge in [-0.25, -0.2) is 4.98 Å². The molecule has 0 fully saturated rings. The van der Waals surface area contributed by atoms with Crippen molar-refractivity contribution >= 4 is 38.8 Å². The smallest absolute Gasteiger partial charge is 0.257 e. The number of para-hydroxylation sites is 2. The number of thioether (sulfide) groups is 1. The number of hydrogen-bond donors (Lipinski definition) is 1. The summed E-state index contributed by atoms with van der Waals surface area (Å²) in [5.41, 5.74) is 8.99. The van der Waals surface area contributed by atoms with Gasteiger partial charge in [0, 0.05) is 10.5 Å². The molecule has 0 aliphatic carbocycles. The van der Waals surface area contributed by atoms with Crippen LogP contribution in [0.1, 0.15) is 17.7 Å². The van der Waals surface area contributed by atoms with Crippen molar-refractivity contribution in [2.45, 2.75) is 23.4 Å². The molecule has 0 amide bonds. The number of benzene rings is 2. The van der Waals surface area contributed by atoms with Crippen LogP contribution in [0, 0.1) is 0 Å². The van der Waals surface area contributed by atoms with Crippen molar-refractivity contribution in [3.05, 3.63) is 58.6 Å². The number of fused-ring (bicyclic) bond motifs is 1. The highest BCUT2D eigenvalue weighted by Crippen LogP contribution is 2.38. The second-order valence-corrected chi connectivity index (χ2v) is 6.91. The average Bonchev–Trinajstić information content (AvgIpc) is 2.87. The maximum atomic E-state index is 6.16. The van der Waals surface area contributed by atoms with Crippen LogP contribution in [0.5, 0.6) is 0 Å². The summed E-state index contributed by atoms with van der Waals surface area (Å²) in [4.78, 5) is 4.51. The van der Waals surface area contributed by atoms with Crippen molar-refractivity contribution < 1.29 is 4.42 Å². The van der Waals surface area contributed by atoms with Crippen LogP contribution in [-0.2, 0) is 0 Å². The normalized spacial score (nSPS) is 14.2. The molecule has 0 saturated carbocycles. The van der Waals surface area contributed by atoms with Gasteiger partial charge in [0.1, 0.15) is 5.52 Å². The third-order valence-corrected chi connectivity index (χ3v) is 4.98. The van der Waals surface area contributed by atoms with Crippen LogP contribution >= 0.6 is 27.7 Å². The van der Waals surface area contributed by atoms with Crippen LogP contribution in [0.4, 0.5) is 0 Å². The first kappa shape index (κ1) is 14.6. The molecule has 1 heterocycles. The molecule has 0 spiro atoms. The Morgan fingerprint density at radius 2 is 2.00 bits per heavy atom. The lowest BCUT2D eigenvalue weighted by atomic mass is 10.1. The van der Waals surface area contributed by atoms with E-state index in [-0.39, 0.29) is 11.3 Å².